The molecule has 2 saturated carbocycles. The van der Waals surface area contributed by atoms with Crippen LogP contribution in [0.1, 0.15) is 134 Å². The number of hydrogen-bond donors (Lipinski definition) is 1. The lowest BCUT2D eigenvalue weighted by atomic mass is 9.81. The van der Waals surface area contributed by atoms with Crippen LogP contribution in [0.4, 0.5) is 0 Å². The molecule has 11 nitrogen and oxygen atoms in total. The van der Waals surface area contributed by atoms with Gasteiger partial charge >= 0.3 is 0 Å². The van der Waals surface area contributed by atoms with Gasteiger partial charge in [0.25, 0.3) is 11.8 Å². The lowest BCUT2D eigenvalue weighted by Gasteiger charge is -2.31. The van der Waals surface area contributed by atoms with E-state index in [4.69, 9.17) is 9.84 Å². The van der Waals surface area contributed by atoms with Crippen LogP contribution in [0.5, 0.6) is 5.75 Å². The largest absolute Gasteiger partial charge is 0.497 e. The fourth-order valence-corrected chi connectivity index (χ4v) is 11.3. The van der Waals surface area contributed by atoms with Crippen molar-refractivity contribution >= 4 is 44.4 Å². The van der Waals surface area contributed by atoms with Gasteiger partial charge in [-0.3, -0.25) is 14.3 Å². The number of nitrogens with one attached hydrogen (secondary N) is 1. The summed E-state index contributed by atoms with van der Waals surface area (Å²) in [6, 6.07) is 12.3. The average Bonchev–Trinajstić information content (AvgIpc) is 3.79. The lowest BCUT2D eigenvalue weighted by Crippen LogP contribution is -2.44. The number of hydrogen-bond acceptors (Lipinski definition) is 7. The number of amides is 2. The van der Waals surface area contributed by atoms with Crippen LogP contribution in [0.3, 0.4) is 0 Å². The molecule has 2 aliphatic carbocycles. The Morgan fingerprint density at radius 2 is 1.74 bits per heavy atom. The van der Waals surface area contributed by atoms with Crippen molar-refractivity contribution < 1.29 is 22.7 Å². The van der Waals surface area contributed by atoms with E-state index in [2.05, 4.69) is 63.0 Å². The van der Waals surface area contributed by atoms with Crippen LogP contribution >= 0.6 is 0 Å². The molecular formula is C45H58N6O5S. The summed E-state index contributed by atoms with van der Waals surface area (Å²) in [6.45, 7) is 7.03. The zero-order valence-corrected chi connectivity index (χ0v) is 35.2. The van der Waals surface area contributed by atoms with Crippen LogP contribution in [0, 0.1) is 5.92 Å². The Morgan fingerprint density at radius 3 is 2.42 bits per heavy atom. The second-order valence-corrected chi connectivity index (χ2v) is 19.4. The SMILES string of the molecule is COc1ccc2c(c1)C=C(c1c(C(=O)N3C(C)CCC3CN(C)C)cnn1C1CCC1)Cn1c-2c(C2CCCCC2)c2ccc(C(=O)NS(=O)(=O)CC(C)C)cc21. The maximum atomic E-state index is 15.0. The number of benzene rings is 2. The van der Waals surface area contributed by atoms with Crippen molar-refractivity contribution in [1.29, 1.82) is 0 Å². The molecule has 4 aliphatic rings. The van der Waals surface area contributed by atoms with Crippen LogP contribution in [-0.4, -0.2) is 90.0 Å². The van der Waals surface area contributed by atoms with Gasteiger partial charge in [0, 0.05) is 40.7 Å². The minimum atomic E-state index is -3.82. The van der Waals surface area contributed by atoms with Gasteiger partial charge in [-0.15, -0.1) is 0 Å². The smallest absolute Gasteiger partial charge is 0.264 e. The summed E-state index contributed by atoms with van der Waals surface area (Å²) in [4.78, 5) is 32.9. The number of carbonyl (C=O) groups excluding carboxylic acids is 2. The summed E-state index contributed by atoms with van der Waals surface area (Å²) in [5.74, 6) is 0.192. The van der Waals surface area contributed by atoms with Crippen molar-refractivity contribution in [3.63, 3.8) is 0 Å². The van der Waals surface area contributed by atoms with Crippen LogP contribution in [0.15, 0.2) is 42.6 Å². The van der Waals surface area contributed by atoms with Gasteiger partial charge in [-0.25, -0.2) is 13.1 Å². The molecule has 8 rings (SSSR count). The predicted molar refractivity (Wildman–Crippen MR) is 226 cm³/mol. The fourth-order valence-electron chi connectivity index (χ4n) is 9.93. The van der Waals surface area contributed by atoms with E-state index in [1.54, 1.807) is 19.4 Å². The molecule has 4 heterocycles. The number of sulfonamides is 1. The van der Waals surface area contributed by atoms with Gasteiger partial charge in [-0.05, 0) is 131 Å². The van der Waals surface area contributed by atoms with E-state index in [0.29, 0.717) is 23.6 Å². The summed E-state index contributed by atoms with van der Waals surface area (Å²) < 4.78 is 38.4. The number of carbonyl (C=O) groups is 2. The normalized spacial score (nSPS) is 20.4. The number of ether oxygens (including phenoxy) is 1. The number of methoxy groups -OCH3 is 1. The number of aromatic nitrogens is 3. The third-order valence-corrected chi connectivity index (χ3v) is 14.3. The Bertz CT molecular complexity index is 2330. The molecule has 2 aromatic carbocycles. The third kappa shape index (κ3) is 7.55. The minimum absolute atomic E-state index is 0.0190. The molecule has 0 radical (unpaired) electrons. The lowest BCUT2D eigenvalue weighted by molar-refractivity contribution is 0.0655. The predicted octanol–water partition coefficient (Wildman–Crippen LogP) is 8.11. The number of fused-ring (bicyclic) bond motifs is 5. The zero-order valence-electron chi connectivity index (χ0n) is 34.4. The highest BCUT2D eigenvalue weighted by Gasteiger charge is 2.39. The van der Waals surface area contributed by atoms with E-state index in [-0.39, 0.29) is 35.7 Å². The van der Waals surface area contributed by atoms with Crippen molar-refractivity contribution in [3.05, 3.63) is 70.5 Å². The Balaban J connectivity index is 1.33. The molecule has 2 atom stereocenters. The number of likely N-dealkylation sites (tertiary alicyclic amines) is 1. The van der Waals surface area contributed by atoms with Crippen molar-refractivity contribution in [1.82, 2.24) is 28.9 Å². The fraction of sp³-hybridized carbons (Fsp3) is 0.533. The molecule has 2 unspecified atom stereocenters. The van der Waals surface area contributed by atoms with Crippen molar-refractivity contribution in [2.24, 2.45) is 5.92 Å². The van der Waals surface area contributed by atoms with Gasteiger partial charge in [0.15, 0.2) is 0 Å². The molecule has 1 saturated heterocycles. The Kier molecular flexibility index (Phi) is 10.9. The highest BCUT2D eigenvalue weighted by molar-refractivity contribution is 7.90. The Morgan fingerprint density at radius 1 is 0.965 bits per heavy atom. The van der Waals surface area contributed by atoms with Crippen molar-refractivity contribution in [3.8, 4) is 17.0 Å². The maximum absolute atomic E-state index is 15.0. The van der Waals surface area contributed by atoms with E-state index in [1.807, 2.05) is 32.0 Å². The van der Waals surface area contributed by atoms with E-state index >= 15 is 0 Å². The van der Waals surface area contributed by atoms with Gasteiger partial charge in [0.2, 0.25) is 10.0 Å². The highest BCUT2D eigenvalue weighted by atomic mass is 32.2. The first-order valence-electron chi connectivity index (χ1n) is 21.0. The number of rotatable bonds is 11. The van der Waals surface area contributed by atoms with E-state index in [0.717, 1.165) is 109 Å². The molecule has 0 spiro atoms. The molecule has 3 fully saturated rings. The molecule has 2 aromatic heterocycles. The van der Waals surface area contributed by atoms with Crippen molar-refractivity contribution in [2.75, 3.05) is 33.5 Å². The molecule has 0 bridgehead atoms. The monoisotopic (exact) mass is 794 g/mol. The van der Waals surface area contributed by atoms with Crippen LogP contribution < -0.4 is 9.46 Å². The summed E-state index contributed by atoms with van der Waals surface area (Å²) >= 11 is 0. The second kappa shape index (κ2) is 15.7. The van der Waals surface area contributed by atoms with Crippen LogP contribution in [0.2, 0.25) is 0 Å². The molecule has 2 aliphatic heterocycles. The number of allylic oxidation sites excluding steroid dienone is 1. The van der Waals surface area contributed by atoms with Gasteiger partial charge < -0.3 is 19.1 Å². The topological polar surface area (TPSA) is 119 Å². The quantitative estimate of drug-likeness (QED) is 0.163. The molecular weight excluding hydrogens is 737 g/mol. The molecule has 1 N–H and O–H groups in total. The maximum Gasteiger partial charge on any atom is 0.264 e. The van der Waals surface area contributed by atoms with Crippen LogP contribution in [0.25, 0.3) is 33.8 Å². The summed E-state index contributed by atoms with van der Waals surface area (Å²) in [5, 5.41) is 6.07. The molecule has 57 heavy (non-hydrogen) atoms. The molecule has 4 aromatic rings. The molecule has 304 valence electrons. The highest BCUT2D eigenvalue weighted by Crippen LogP contribution is 2.48. The minimum Gasteiger partial charge on any atom is -0.497 e. The summed E-state index contributed by atoms with van der Waals surface area (Å²) in [5.41, 5.74) is 8.04. The first kappa shape index (κ1) is 39.4. The average molecular weight is 795 g/mol. The Labute approximate surface area is 337 Å². The first-order valence-corrected chi connectivity index (χ1v) is 22.6. The van der Waals surface area contributed by atoms with Gasteiger partial charge in [-0.1, -0.05) is 39.2 Å². The van der Waals surface area contributed by atoms with Gasteiger partial charge in [-0.2, -0.15) is 5.10 Å². The first-order chi connectivity index (χ1) is 27.3. The molecule has 2 amide bonds. The van der Waals surface area contributed by atoms with Gasteiger partial charge in [0.1, 0.15) is 5.75 Å². The number of likely N-dealkylation sites (N-methyl/N-ethyl adjacent to an activating group) is 1. The summed E-state index contributed by atoms with van der Waals surface area (Å²) in [7, 11) is 1.99. The summed E-state index contributed by atoms with van der Waals surface area (Å²) in [6.07, 6.45) is 14.7. The zero-order chi connectivity index (χ0) is 40.2. The standard InChI is InChI=1S/C45H58N6O5S/c1-28(2)27-57(54,55)47-44(52)31-16-19-38-40(23-31)49-25-33(21-32-22-36(56-6)18-20-37(32)43(49)41(38)30-11-8-7-9-12-30)42-39(24-46-51(42)34-13-10-14-34)45(53)50-29(3)15-17-35(50)26-48(4)5/h16,18-24,28-30,34-35H,7-15,17,25-27H2,1-6H3,(H,47,52). The van der Waals surface area contributed by atoms with Crippen molar-refractivity contribution in [2.45, 2.75) is 116 Å². The third-order valence-electron chi connectivity index (χ3n) is 12.7. The van der Waals surface area contributed by atoms with E-state index < -0.39 is 15.9 Å². The van der Waals surface area contributed by atoms with E-state index in [1.165, 1.54) is 12.0 Å². The Hall–Kier alpha value is -4.42. The molecule has 12 heteroatoms. The van der Waals surface area contributed by atoms with E-state index in [9.17, 15) is 18.0 Å². The van der Waals surface area contributed by atoms with Crippen LogP contribution in [-0.2, 0) is 16.6 Å². The van der Waals surface area contributed by atoms with Gasteiger partial charge in [0.05, 0.1) is 48.6 Å². The second-order valence-electron chi connectivity index (χ2n) is 17.6. The number of nitrogens with zero attached hydrogens (tertiary/aromatic N) is 5.